The Kier molecular flexibility index (Phi) is 3.82. The van der Waals surface area contributed by atoms with E-state index in [-0.39, 0.29) is 11.4 Å². The number of nitrogens with one attached hydrogen (secondary N) is 1. The van der Waals surface area contributed by atoms with E-state index in [1.807, 2.05) is 0 Å². The standard InChI is InChI=1S/C10H11FN2O3/c1-2-16-8-4-3-6(5-7(8)11)13-10(15)9(12)14/h3-5H,2H2,1H3,(H2,12,14)(H,13,15). The Morgan fingerprint density at radius 3 is 2.69 bits per heavy atom. The van der Waals surface area contributed by atoms with Gasteiger partial charge in [0.25, 0.3) is 0 Å². The van der Waals surface area contributed by atoms with Gasteiger partial charge in [0, 0.05) is 11.8 Å². The SMILES string of the molecule is CCOc1ccc(NC(=O)C(N)=O)cc1F. The summed E-state index contributed by atoms with van der Waals surface area (Å²) in [6, 6.07) is 3.82. The average Bonchev–Trinajstić information content (AvgIpc) is 2.22. The van der Waals surface area contributed by atoms with Crippen LogP contribution in [0.1, 0.15) is 6.92 Å². The zero-order valence-corrected chi connectivity index (χ0v) is 8.62. The highest BCUT2D eigenvalue weighted by atomic mass is 19.1. The Morgan fingerprint density at radius 2 is 2.19 bits per heavy atom. The smallest absolute Gasteiger partial charge is 0.313 e. The largest absolute Gasteiger partial charge is 0.491 e. The fraction of sp³-hybridized carbons (Fsp3) is 0.200. The fourth-order valence-electron chi connectivity index (χ4n) is 1.04. The molecule has 2 amide bonds. The van der Waals surface area contributed by atoms with Crippen molar-refractivity contribution in [2.75, 3.05) is 11.9 Å². The number of amides is 2. The van der Waals surface area contributed by atoms with Crippen LogP contribution in [0, 0.1) is 5.82 Å². The van der Waals surface area contributed by atoms with Crippen molar-refractivity contribution in [1.82, 2.24) is 0 Å². The summed E-state index contributed by atoms with van der Waals surface area (Å²) in [4.78, 5) is 21.3. The molecular weight excluding hydrogens is 215 g/mol. The van der Waals surface area contributed by atoms with Crippen LogP contribution in [0.15, 0.2) is 18.2 Å². The molecule has 0 unspecified atom stereocenters. The summed E-state index contributed by atoms with van der Waals surface area (Å²) in [5.41, 5.74) is 4.87. The van der Waals surface area contributed by atoms with Crippen molar-refractivity contribution < 1.29 is 18.7 Å². The van der Waals surface area contributed by atoms with Crippen LogP contribution in [-0.2, 0) is 9.59 Å². The number of anilines is 1. The molecule has 0 aromatic heterocycles. The molecule has 1 aromatic carbocycles. The molecule has 0 aliphatic carbocycles. The Bertz CT molecular complexity index is 421. The van der Waals surface area contributed by atoms with E-state index in [0.717, 1.165) is 6.07 Å². The quantitative estimate of drug-likeness (QED) is 0.742. The molecule has 0 fully saturated rings. The molecule has 3 N–H and O–H groups in total. The van der Waals surface area contributed by atoms with Gasteiger partial charge in [0.05, 0.1) is 6.61 Å². The topological polar surface area (TPSA) is 81.4 Å². The van der Waals surface area contributed by atoms with Gasteiger partial charge in [-0.1, -0.05) is 0 Å². The van der Waals surface area contributed by atoms with E-state index < -0.39 is 17.6 Å². The van der Waals surface area contributed by atoms with Gasteiger partial charge >= 0.3 is 11.8 Å². The van der Waals surface area contributed by atoms with E-state index in [1.165, 1.54) is 12.1 Å². The number of hydrogen-bond donors (Lipinski definition) is 2. The van der Waals surface area contributed by atoms with Gasteiger partial charge in [-0.15, -0.1) is 0 Å². The number of hydrogen-bond acceptors (Lipinski definition) is 3. The molecule has 16 heavy (non-hydrogen) atoms. The first kappa shape index (κ1) is 12.0. The summed E-state index contributed by atoms with van der Waals surface area (Å²) in [5, 5.41) is 2.14. The molecule has 0 spiro atoms. The van der Waals surface area contributed by atoms with Crippen LogP contribution in [0.5, 0.6) is 5.75 Å². The maximum atomic E-state index is 13.3. The number of rotatable bonds is 3. The lowest BCUT2D eigenvalue weighted by Crippen LogP contribution is -2.29. The predicted octanol–water partition coefficient (Wildman–Crippen LogP) is 0.648. The monoisotopic (exact) mass is 226 g/mol. The summed E-state index contributed by atoms with van der Waals surface area (Å²) in [5.74, 6) is -2.67. The van der Waals surface area contributed by atoms with Crippen molar-refractivity contribution in [3.8, 4) is 5.75 Å². The van der Waals surface area contributed by atoms with E-state index in [0.29, 0.717) is 6.61 Å². The fourth-order valence-corrected chi connectivity index (χ4v) is 1.04. The molecule has 86 valence electrons. The first-order chi connectivity index (χ1) is 7.54. The number of benzene rings is 1. The molecule has 5 nitrogen and oxygen atoms in total. The van der Waals surface area contributed by atoms with Crippen molar-refractivity contribution in [3.63, 3.8) is 0 Å². The predicted molar refractivity (Wildman–Crippen MR) is 55.4 cm³/mol. The van der Waals surface area contributed by atoms with Crippen LogP contribution in [-0.4, -0.2) is 18.4 Å². The normalized spacial score (nSPS) is 9.62. The molecular formula is C10H11FN2O3. The van der Waals surface area contributed by atoms with E-state index in [1.54, 1.807) is 6.92 Å². The second kappa shape index (κ2) is 5.11. The van der Waals surface area contributed by atoms with E-state index in [2.05, 4.69) is 5.32 Å². The minimum Gasteiger partial charge on any atom is -0.491 e. The van der Waals surface area contributed by atoms with Crippen molar-refractivity contribution >= 4 is 17.5 Å². The molecule has 0 saturated heterocycles. The number of halogens is 1. The molecule has 1 rings (SSSR count). The highest BCUT2D eigenvalue weighted by Gasteiger charge is 2.10. The second-order valence-electron chi connectivity index (χ2n) is 2.90. The summed E-state index contributed by atoms with van der Waals surface area (Å²) in [7, 11) is 0. The molecule has 0 atom stereocenters. The summed E-state index contributed by atoms with van der Waals surface area (Å²) >= 11 is 0. The average molecular weight is 226 g/mol. The van der Waals surface area contributed by atoms with Gasteiger partial charge in [-0.25, -0.2) is 4.39 Å². The molecule has 6 heteroatoms. The molecule has 0 aliphatic heterocycles. The number of carbonyl (C=O) groups excluding carboxylic acids is 2. The van der Waals surface area contributed by atoms with Crippen LogP contribution in [0.25, 0.3) is 0 Å². The third kappa shape index (κ3) is 2.94. The lowest BCUT2D eigenvalue weighted by atomic mass is 10.3. The van der Waals surface area contributed by atoms with Crippen molar-refractivity contribution in [2.24, 2.45) is 5.73 Å². The number of nitrogens with two attached hydrogens (primary N) is 1. The van der Waals surface area contributed by atoms with Crippen molar-refractivity contribution in [3.05, 3.63) is 24.0 Å². The number of carbonyl (C=O) groups is 2. The van der Waals surface area contributed by atoms with Crippen molar-refractivity contribution in [2.45, 2.75) is 6.92 Å². The second-order valence-corrected chi connectivity index (χ2v) is 2.90. The maximum absolute atomic E-state index is 13.3. The Balaban J connectivity index is 2.81. The number of ether oxygens (including phenoxy) is 1. The van der Waals surface area contributed by atoms with E-state index in [9.17, 15) is 14.0 Å². The highest BCUT2D eigenvalue weighted by Crippen LogP contribution is 2.20. The van der Waals surface area contributed by atoms with Crippen molar-refractivity contribution in [1.29, 1.82) is 0 Å². The molecule has 0 saturated carbocycles. The molecule has 0 aliphatic rings. The summed E-state index contributed by atoms with van der Waals surface area (Å²) in [6.07, 6.45) is 0. The number of primary amides is 1. The van der Waals surface area contributed by atoms with Crippen LogP contribution in [0.2, 0.25) is 0 Å². The first-order valence-corrected chi connectivity index (χ1v) is 4.57. The van der Waals surface area contributed by atoms with Gasteiger partial charge < -0.3 is 15.8 Å². The molecule has 0 bridgehead atoms. The highest BCUT2D eigenvalue weighted by molar-refractivity contribution is 6.39. The van der Waals surface area contributed by atoms with Crippen LogP contribution in [0.3, 0.4) is 0 Å². The van der Waals surface area contributed by atoms with Gasteiger partial charge in [0.15, 0.2) is 11.6 Å². The Morgan fingerprint density at radius 1 is 1.50 bits per heavy atom. The van der Waals surface area contributed by atoms with E-state index >= 15 is 0 Å². The Labute approximate surface area is 91.4 Å². The van der Waals surface area contributed by atoms with Crippen LogP contribution in [0.4, 0.5) is 10.1 Å². The minimum atomic E-state index is -1.13. The van der Waals surface area contributed by atoms with Gasteiger partial charge in [0.1, 0.15) is 0 Å². The van der Waals surface area contributed by atoms with Crippen LogP contribution < -0.4 is 15.8 Å². The third-order valence-electron chi connectivity index (χ3n) is 1.71. The van der Waals surface area contributed by atoms with Gasteiger partial charge in [-0.05, 0) is 19.1 Å². The van der Waals surface area contributed by atoms with E-state index in [4.69, 9.17) is 10.5 Å². The van der Waals surface area contributed by atoms with Gasteiger partial charge in [-0.3, -0.25) is 9.59 Å². The van der Waals surface area contributed by atoms with Gasteiger partial charge in [-0.2, -0.15) is 0 Å². The summed E-state index contributed by atoms with van der Waals surface area (Å²) in [6.45, 7) is 2.06. The minimum absolute atomic E-state index is 0.0829. The maximum Gasteiger partial charge on any atom is 0.313 e. The molecule has 1 aromatic rings. The zero-order valence-electron chi connectivity index (χ0n) is 8.62. The lowest BCUT2D eigenvalue weighted by molar-refractivity contribution is -0.134. The zero-order chi connectivity index (χ0) is 12.1. The Hall–Kier alpha value is -2.11. The summed E-state index contributed by atoms with van der Waals surface area (Å²) < 4.78 is 18.3. The van der Waals surface area contributed by atoms with Crippen LogP contribution >= 0.6 is 0 Å². The molecule has 0 heterocycles. The third-order valence-corrected chi connectivity index (χ3v) is 1.71. The van der Waals surface area contributed by atoms with Gasteiger partial charge in [0.2, 0.25) is 0 Å². The first-order valence-electron chi connectivity index (χ1n) is 4.57. The lowest BCUT2D eigenvalue weighted by Gasteiger charge is -2.07. The molecule has 0 radical (unpaired) electrons.